The van der Waals surface area contributed by atoms with Gasteiger partial charge in [-0.05, 0) is 42.8 Å². The summed E-state index contributed by atoms with van der Waals surface area (Å²) < 4.78 is 36.8. The van der Waals surface area contributed by atoms with Crippen molar-refractivity contribution in [2.45, 2.75) is 11.8 Å². The Labute approximate surface area is 157 Å². The molecule has 0 aliphatic carbocycles. The molecule has 2 N–H and O–H groups in total. The van der Waals surface area contributed by atoms with Gasteiger partial charge < -0.3 is 14.8 Å². The van der Waals surface area contributed by atoms with E-state index in [1.165, 1.54) is 38.5 Å². The third-order valence-electron chi connectivity index (χ3n) is 3.70. The molecule has 0 heterocycles. The average molecular weight is 392 g/mol. The van der Waals surface area contributed by atoms with Gasteiger partial charge in [0.05, 0.1) is 36.9 Å². The first-order valence-electron chi connectivity index (χ1n) is 7.90. The van der Waals surface area contributed by atoms with Crippen molar-refractivity contribution in [3.05, 3.63) is 53.6 Å². The smallest absolute Gasteiger partial charge is 0.339 e. The molecule has 0 bridgehead atoms. The number of nitrogens with one attached hydrogen (secondary N) is 2. The van der Waals surface area contributed by atoms with Gasteiger partial charge in [-0.1, -0.05) is 12.1 Å². The van der Waals surface area contributed by atoms with Crippen LogP contribution in [0.2, 0.25) is 0 Å². The number of para-hydroxylation sites is 1. The monoisotopic (exact) mass is 392 g/mol. The Kier molecular flexibility index (Phi) is 6.54. The molecule has 0 aliphatic rings. The number of carbonyl (C=O) groups excluding carboxylic acids is 2. The van der Waals surface area contributed by atoms with Crippen molar-refractivity contribution in [3.63, 3.8) is 0 Å². The number of aryl methyl sites for hydroxylation is 1. The Hall–Kier alpha value is -2.91. The van der Waals surface area contributed by atoms with E-state index in [-0.39, 0.29) is 16.1 Å². The third kappa shape index (κ3) is 5.05. The van der Waals surface area contributed by atoms with Crippen LogP contribution in [-0.2, 0) is 19.6 Å². The van der Waals surface area contributed by atoms with Crippen molar-refractivity contribution >= 4 is 27.6 Å². The fourth-order valence-electron chi connectivity index (χ4n) is 2.36. The van der Waals surface area contributed by atoms with Crippen molar-refractivity contribution in [2.75, 3.05) is 26.1 Å². The lowest BCUT2D eigenvalue weighted by Gasteiger charge is -2.12. The van der Waals surface area contributed by atoms with Crippen LogP contribution >= 0.6 is 0 Å². The van der Waals surface area contributed by atoms with Crippen LogP contribution in [0.1, 0.15) is 15.9 Å². The van der Waals surface area contributed by atoms with E-state index in [1.54, 1.807) is 25.1 Å². The molecule has 2 rings (SSSR count). The molecular weight excluding hydrogens is 372 g/mol. The Morgan fingerprint density at radius 2 is 1.78 bits per heavy atom. The van der Waals surface area contributed by atoms with Gasteiger partial charge in [0.25, 0.3) is 0 Å². The Morgan fingerprint density at radius 1 is 1.07 bits per heavy atom. The van der Waals surface area contributed by atoms with Gasteiger partial charge >= 0.3 is 5.97 Å². The van der Waals surface area contributed by atoms with E-state index in [9.17, 15) is 18.0 Å². The topological polar surface area (TPSA) is 111 Å². The quantitative estimate of drug-likeness (QED) is 0.694. The summed E-state index contributed by atoms with van der Waals surface area (Å²) in [6.07, 6.45) is 0. The highest BCUT2D eigenvalue weighted by Gasteiger charge is 2.19. The van der Waals surface area contributed by atoms with Gasteiger partial charge in [-0.15, -0.1) is 0 Å². The van der Waals surface area contributed by atoms with Crippen LogP contribution in [0.15, 0.2) is 47.4 Å². The van der Waals surface area contributed by atoms with Crippen LogP contribution in [-0.4, -0.2) is 41.1 Å². The summed E-state index contributed by atoms with van der Waals surface area (Å²) in [6, 6.07) is 10.8. The Bertz CT molecular complexity index is 956. The van der Waals surface area contributed by atoms with E-state index in [0.717, 1.165) is 0 Å². The molecule has 0 aliphatic heterocycles. The number of carbonyl (C=O) groups is 2. The first kappa shape index (κ1) is 20.4. The highest BCUT2D eigenvalue weighted by molar-refractivity contribution is 7.89. The molecule has 0 radical (unpaired) electrons. The number of esters is 1. The lowest BCUT2D eigenvalue weighted by atomic mass is 10.2. The zero-order valence-corrected chi connectivity index (χ0v) is 15.9. The van der Waals surface area contributed by atoms with Crippen molar-refractivity contribution in [1.29, 1.82) is 0 Å². The zero-order valence-electron chi connectivity index (χ0n) is 15.1. The van der Waals surface area contributed by atoms with Crippen LogP contribution in [0, 0.1) is 6.92 Å². The first-order valence-corrected chi connectivity index (χ1v) is 9.38. The molecule has 0 atom stereocenters. The SMILES string of the molecule is COC(=O)c1ccccc1NC(=O)CNS(=O)(=O)c1ccc(OC)cc1C. The summed E-state index contributed by atoms with van der Waals surface area (Å²) >= 11 is 0. The van der Waals surface area contributed by atoms with Crippen molar-refractivity contribution in [3.8, 4) is 5.75 Å². The predicted octanol–water partition coefficient (Wildman–Crippen LogP) is 1.71. The second kappa shape index (κ2) is 8.65. The van der Waals surface area contributed by atoms with Gasteiger partial charge in [0.1, 0.15) is 5.75 Å². The molecule has 0 fully saturated rings. The maximum absolute atomic E-state index is 12.4. The number of hydrogen-bond donors (Lipinski definition) is 2. The first-order chi connectivity index (χ1) is 12.8. The predicted molar refractivity (Wildman–Crippen MR) is 99.3 cm³/mol. The van der Waals surface area contributed by atoms with Gasteiger partial charge in [-0.25, -0.2) is 17.9 Å². The second-order valence-electron chi connectivity index (χ2n) is 5.54. The number of methoxy groups -OCH3 is 2. The highest BCUT2D eigenvalue weighted by atomic mass is 32.2. The van der Waals surface area contributed by atoms with E-state index in [4.69, 9.17) is 4.74 Å². The molecule has 0 saturated carbocycles. The summed E-state index contributed by atoms with van der Waals surface area (Å²) in [6.45, 7) is 1.13. The lowest BCUT2D eigenvalue weighted by Crippen LogP contribution is -2.33. The maximum Gasteiger partial charge on any atom is 0.339 e. The minimum absolute atomic E-state index is 0.0473. The molecule has 0 spiro atoms. The van der Waals surface area contributed by atoms with Crippen LogP contribution < -0.4 is 14.8 Å². The molecule has 27 heavy (non-hydrogen) atoms. The fraction of sp³-hybridized carbons (Fsp3) is 0.222. The van der Waals surface area contributed by atoms with Gasteiger partial charge in [-0.2, -0.15) is 0 Å². The Balaban J connectivity index is 2.08. The highest BCUT2D eigenvalue weighted by Crippen LogP contribution is 2.21. The van der Waals surface area contributed by atoms with Crippen molar-refractivity contribution in [2.24, 2.45) is 0 Å². The van der Waals surface area contributed by atoms with Crippen molar-refractivity contribution < 1.29 is 27.5 Å². The molecular formula is C18H20N2O6S. The number of ether oxygens (including phenoxy) is 2. The van der Waals surface area contributed by atoms with Crippen LogP contribution in [0.3, 0.4) is 0 Å². The minimum Gasteiger partial charge on any atom is -0.497 e. The van der Waals surface area contributed by atoms with E-state index in [1.807, 2.05) is 0 Å². The number of benzene rings is 2. The molecule has 1 amide bonds. The van der Waals surface area contributed by atoms with Crippen LogP contribution in [0.4, 0.5) is 5.69 Å². The van der Waals surface area contributed by atoms with Gasteiger partial charge in [-0.3, -0.25) is 4.79 Å². The van der Waals surface area contributed by atoms with E-state index < -0.39 is 28.4 Å². The van der Waals surface area contributed by atoms with E-state index in [2.05, 4.69) is 14.8 Å². The molecule has 2 aromatic rings. The summed E-state index contributed by atoms with van der Waals surface area (Å²) in [4.78, 5) is 23.9. The molecule has 0 unspecified atom stereocenters. The largest absolute Gasteiger partial charge is 0.497 e. The second-order valence-corrected chi connectivity index (χ2v) is 7.28. The van der Waals surface area contributed by atoms with Gasteiger partial charge in [0, 0.05) is 0 Å². The molecule has 2 aromatic carbocycles. The summed E-state index contributed by atoms with van der Waals surface area (Å²) in [5, 5.41) is 2.50. The average Bonchev–Trinajstić information content (AvgIpc) is 2.66. The third-order valence-corrected chi connectivity index (χ3v) is 5.26. The minimum atomic E-state index is -3.89. The lowest BCUT2D eigenvalue weighted by molar-refractivity contribution is -0.115. The number of anilines is 1. The molecule has 9 heteroatoms. The van der Waals surface area contributed by atoms with E-state index >= 15 is 0 Å². The maximum atomic E-state index is 12.4. The molecule has 144 valence electrons. The summed E-state index contributed by atoms with van der Waals surface area (Å²) in [5.41, 5.74) is 0.884. The number of hydrogen-bond acceptors (Lipinski definition) is 6. The number of sulfonamides is 1. The number of rotatable bonds is 7. The van der Waals surface area contributed by atoms with Gasteiger partial charge in [0.2, 0.25) is 15.9 Å². The van der Waals surface area contributed by atoms with Crippen LogP contribution in [0.25, 0.3) is 0 Å². The van der Waals surface area contributed by atoms with E-state index in [0.29, 0.717) is 11.3 Å². The number of amides is 1. The molecule has 8 nitrogen and oxygen atoms in total. The zero-order chi connectivity index (χ0) is 20.0. The standard InChI is InChI=1S/C18H20N2O6S/c1-12-10-13(25-2)8-9-16(12)27(23,24)19-11-17(21)20-15-7-5-4-6-14(15)18(22)26-3/h4-10,19H,11H2,1-3H3,(H,20,21). The normalized spacial score (nSPS) is 10.9. The molecule has 0 aromatic heterocycles. The Morgan fingerprint density at radius 3 is 2.41 bits per heavy atom. The van der Waals surface area contributed by atoms with Crippen LogP contribution in [0.5, 0.6) is 5.75 Å². The summed E-state index contributed by atoms with van der Waals surface area (Å²) in [5.74, 6) is -0.704. The van der Waals surface area contributed by atoms with Gasteiger partial charge in [0.15, 0.2) is 0 Å². The molecule has 0 saturated heterocycles. The summed E-state index contributed by atoms with van der Waals surface area (Å²) in [7, 11) is -1.18. The fourth-order valence-corrected chi connectivity index (χ4v) is 3.57. The van der Waals surface area contributed by atoms with Crippen molar-refractivity contribution in [1.82, 2.24) is 4.72 Å².